The first-order valence-corrected chi connectivity index (χ1v) is 10.8. The van der Waals surface area contributed by atoms with Crippen LogP contribution in [-0.2, 0) is 0 Å². The number of halogens is 2. The zero-order chi connectivity index (χ0) is 24.2. The van der Waals surface area contributed by atoms with Crippen molar-refractivity contribution in [1.29, 1.82) is 0 Å². The summed E-state index contributed by atoms with van der Waals surface area (Å²) in [4.78, 5) is 32.8. The molecule has 4 rings (SSSR count). The Morgan fingerprint density at radius 2 is 2.00 bits per heavy atom. The van der Waals surface area contributed by atoms with Gasteiger partial charge in [-0.3, -0.25) is 10.1 Å². The van der Waals surface area contributed by atoms with Gasteiger partial charge in [-0.15, -0.1) is 0 Å². The summed E-state index contributed by atoms with van der Waals surface area (Å²) in [6.07, 6.45) is 5.05. The van der Waals surface area contributed by atoms with E-state index in [0.29, 0.717) is 57.5 Å². The molecule has 13 heteroatoms. The number of rotatable bonds is 8. The van der Waals surface area contributed by atoms with Crippen LogP contribution in [-0.4, -0.2) is 50.0 Å². The first kappa shape index (κ1) is 23.2. The molecule has 3 aromatic heterocycles. The Kier molecular flexibility index (Phi) is 6.75. The second-order valence-electron chi connectivity index (χ2n) is 7.20. The molecule has 0 atom stereocenters. The molecule has 34 heavy (non-hydrogen) atoms. The van der Waals surface area contributed by atoms with Crippen molar-refractivity contribution >= 4 is 46.5 Å². The Morgan fingerprint density at radius 3 is 2.68 bits per heavy atom. The molecule has 0 aliphatic heterocycles. The van der Waals surface area contributed by atoms with Gasteiger partial charge in [0.05, 0.1) is 21.2 Å². The Hall–Kier alpha value is -3.96. The van der Waals surface area contributed by atoms with Crippen molar-refractivity contribution in [2.75, 3.05) is 36.1 Å². The number of nitrogens with zero attached hydrogens (tertiary/aromatic N) is 6. The van der Waals surface area contributed by atoms with Crippen molar-refractivity contribution in [3.63, 3.8) is 0 Å². The van der Waals surface area contributed by atoms with Crippen LogP contribution < -0.4 is 16.0 Å². The van der Waals surface area contributed by atoms with Gasteiger partial charge in [0.25, 0.3) is 0 Å². The Morgan fingerprint density at radius 1 is 1.18 bits per heavy atom. The normalized spacial score (nSPS) is 10.8. The van der Waals surface area contributed by atoms with Crippen molar-refractivity contribution in [2.24, 2.45) is 0 Å². The Bertz CT molecular complexity index is 1330. The van der Waals surface area contributed by atoms with E-state index in [1.807, 2.05) is 11.9 Å². The third-order valence-corrected chi connectivity index (χ3v) is 5.46. The third-order valence-electron chi connectivity index (χ3n) is 4.91. The number of nitrogens with two attached hydrogens (primary N) is 1. The second-order valence-corrected chi connectivity index (χ2v) is 8.04. The summed E-state index contributed by atoms with van der Waals surface area (Å²) in [5.41, 5.74) is 7.39. The zero-order valence-electron chi connectivity index (χ0n) is 17.9. The van der Waals surface area contributed by atoms with Gasteiger partial charge in [0, 0.05) is 55.4 Å². The number of hydrogen-bond acceptors (Lipinski definition) is 9. The summed E-state index contributed by atoms with van der Waals surface area (Å²) < 4.78 is 0. The molecule has 0 aliphatic rings. The van der Waals surface area contributed by atoms with Gasteiger partial charge in [-0.25, -0.2) is 19.9 Å². The maximum Gasteiger partial charge on any atom is 0.311 e. The summed E-state index contributed by atoms with van der Waals surface area (Å²) >= 11 is 12.5. The fraction of sp³-hybridized carbons (Fsp3) is 0.143. The van der Waals surface area contributed by atoms with Gasteiger partial charge in [-0.1, -0.05) is 23.2 Å². The molecule has 0 spiro atoms. The quantitative estimate of drug-likeness (QED) is 0.238. The fourth-order valence-corrected chi connectivity index (χ4v) is 3.70. The maximum atomic E-state index is 10.9. The number of aromatic amines is 1. The van der Waals surface area contributed by atoms with E-state index in [0.717, 1.165) is 0 Å². The number of benzene rings is 1. The summed E-state index contributed by atoms with van der Waals surface area (Å²) in [7, 11) is 1.84. The maximum absolute atomic E-state index is 10.9. The lowest BCUT2D eigenvalue weighted by atomic mass is 10.1. The smallest absolute Gasteiger partial charge is 0.311 e. The molecule has 4 N–H and O–H groups in total. The van der Waals surface area contributed by atoms with E-state index in [2.05, 4.69) is 25.3 Å². The Labute approximate surface area is 204 Å². The number of hydrogen-bond donors (Lipinski definition) is 3. The van der Waals surface area contributed by atoms with E-state index in [1.54, 1.807) is 36.8 Å². The molecular weight excluding hydrogens is 481 g/mol. The zero-order valence-corrected chi connectivity index (χ0v) is 19.4. The van der Waals surface area contributed by atoms with Gasteiger partial charge in [0.2, 0.25) is 11.8 Å². The Balaban J connectivity index is 1.54. The molecule has 3 heterocycles. The number of pyridine rings is 1. The molecular formula is C21H19Cl2N9O2. The minimum Gasteiger partial charge on any atom is -0.378 e. The molecule has 0 radical (unpaired) electrons. The van der Waals surface area contributed by atoms with Crippen LogP contribution in [0.5, 0.6) is 0 Å². The molecule has 0 bridgehead atoms. The van der Waals surface area contributed by atoms with E-state index in [1.165, 1.54) is 12.1 Å². The number of H-pyrrole nitrogens is 1. The monoisotopic (exact) mass is 499 g/mol. The van der Waals surface area contributed by atoms with Gasteiger partial charge in [0.1, 0.15) is 11.6 Å². The fourth-order valence-electron chi connectivity index (χ4n) is 3.20. The van der Waals surface area contributed by atoms with Crippen molar-refractivity contribution in [3.8, 4) is 22.6 Å². The standard InChI is InChI=1S/C21H19Cl2N9O2/c1-31(9-8-25-17-5-4-16(32(33)34)19(24)29-17)21-28-11-14(20-26-6-7-27-20)18(30-21)13-3-2-12(22)10-15(13)23/h2-7,10-11H,8-9H2,1H3,(H,26,27)(H3,24,25,29). The lowest BCUT2D eigenvalue weighted by Crippen LogP contribution is -2.27. The van der Waals surface area contributed by atoms with Crippen molar-refractivity contribution in [1.82, 2.24) is 24.9 Å². The molecule has 0 unspecified atom stereocenters. The first-order valence-electron chi connectivity index (χ1n) is 10.0. The minimum absolute atomic E-state index is 0.148. The summed E-state index contributed by atoms with van der Waals surface area (Å²) in [5.74, 6) is 1.36. The van der Waals surface area contributed by atoms with Gasteiger partial charge >= 0.3 is 5.69 Å². The predicted molar refractivity (Wildman–Crippen MR) is 132 cm³/mol. The van der Waals surface area contributed by atoms with Crippen molar-refractivity contribution < 1.29 is 4.92 Å². The van der Waals surface area contributed by atoms with Crippen LogP contribution >= 0.6 is 23.2 Å². The number of imidazole rings is 1. The third kappa shape index (κ3) is 5.00. The van der Waals surface area contributed by atoms with Crippen LogP contribution in [0, 0.1) is 10.1 Å². The van der Waals surface area contributed by atoms with Crippen LogP contribution in [0.2, 0.25) is 10.0 Å². The molecule has 0 saturated heterocycles. The molecule has 4 aromatic rings. The number of aromatic nitrogens is 5. The highest BCUT2D eigenvalue weighted by Crippen LogP contribution is 2.35. The summed E-state index contributed by atoms with van der Waals surface area (Å²) in [6, 6.07) is 8.02. The van der Waals surface area contributed by atoms with E-state index in [4.69, 9.17) is 33.9 Å². The van der Waals surface area contributed by atoms with Crippen molar-refractivity contribution in [2.45, 2.75) is 0 Å². The van der Waals surface area contributed by atoms with Crippen LogP contribution in [0.4, 0.5) is 23.3 Å². The number of likely N-dealkylation sites (N-methyl/N-ethyl adjacent to an activating group) is 1. The predicted octanol–water partition coefficient (Wildman–Crippen LogP) is 4.27. The summed E-state index contributed by atoms with van der Waals surface area (Å²) in [6.45, 7) is 0.966. The lowest BCUT2D eigenvalue weighted by molar-refractivity contribution is -0.384. The highest BCUT2D eigenvalue weighted by Gasteiger charge is 2.18. The van der Waals surface area contributed by atoms with Crippen LogP contribution in [0.15, 0.2) is 48.9 Å². The van der Waals surface area contributed by atoms with Gasteiger partial charge in [0.15, 0.2) is 0 Å². The molecule has 11 nitrogen and oxygen atoms in total. The molecule has 0 saturated carbocycles. The van der Waals surface area contributed by atoms with Gasteiger partial charge < -0.3 is 20.9 Å². The second kappa shape index (κ2) is 9.89. The van der Waals surface area contributed by atoms with Crippen LogP contribution in [0.1, 0.15) is 0 Å². The highest BCUT2D eigenvalue weighted by atomic mass is 35.5. The molecule has 0 aliphatic carbocycles. The van der Waals surface area contributed by atoms with E-state index < -0.39 is 4.92 Å². The summed E-state index contributed by atoms with van der Waals surface area (Å²) in [5, 5.41) is 14.9. The number of nitrogens with one attached hydrogen (secondary N) is 2. The van der Waals surface area contributed by atoms with E-state index >= 15 is 0 Å². The molecule has 0 fully saturated rings. The average Bonchev–Trinajstić information content (AvgIpc) is 3.33. The minimum atomic E-state index is -0.575. The van der Waals surface area contributed by atoms with E-state index in [-0.39, 0.29) is 11.5 Å². The topological polar surface area (TPSA) is 152 Å². The van der Waals surface area contributed by atoms with Crippen LogP contribution in [0.3, 0.4) is 0 Å². The SMILES string of the molecule is CN(CCNc1ccc([N+](=O)[O-])c(N)n1)c1ncc(-c2ncc[nH]2)c(-c2ccc(Cl)cc2Cl)n1. The number of anilines is 3. The van der Waals surface area contributed by atoms with Crippen molar-refractivity contribution in [3.05, 3.63) is 69.1 Å². The van der Waals surface area contributed by atoms with Gasteiger partial charge in [-0.2, -0.15) is 0 Å². The van der Waals surface area contributed by atoms with E-state index in [9.17, 15) is 10.1 Å². The number of nitrogen functional groups attached to an aromatic ring is 1. The lowest BCUT2D eigenvalue weighted by Gasteiger charge is -2.19. The molecule has 0 amide bonds. The number of nitro groups is 1. The van der Waals surface area contributed by atoms with Crippen LogP contribution in [0.25, 0.3) is 22.6 Å². The average molecular weight is 500 g/mol. The molecule has 174 valence electrons. The highest BCUT2D eigenvalue weighted by molar-refractivity contribution is 6.36. The largest absolute Gasteiger partial charge is 0.378 e. The molecule has 1 aromatic carbocycles. The first-order chi connectivity index (χ1) is 16.3. The van der Waals surface area contributed by atoms with Gasteiger partial charge in [-0.05, 0) is 24.3 Å².